The molecule has 2 aromatic heterocycles. The first-order chi connectivity index (χ1) is 12.2. The highest BCUT2D eigenvalue weighted by Crippen LogP contribution is 2.29. The van der Waals surface area contributed by atoms with E-state index in [9.17, 15) is 4.79 Å². The van der Waals surface area contributed by atoms with Crippen LogP contribution in [0.2, 0.25) is 0 Å². The highest BCUT2D eigenvalue weighted by molar-refractivity contribution is 9.10. The summed E-state index contributed by atoms with van der Waals surface area (Å²) in [6.07, 6.45) is 6.61. The minimum absolute atomic E-state index is 0.336. The Labute approximate surface area is 155 Å². The number of halogens is 1. The van der Waals surface area contributed by atoms with Gasteiger partial charge in [-0.05, 0) is 43.7 Å². The van der Waals surface area contributed by atoms with Gasteiger partial charge in [-0.3, -0.25) is 4.98 Å². The van der Waals surface area contributed by atoms with Crippen LogP contribution in [0.3, 0.4) is 0 Å². The fourth-order valence-corrected chi connectivity index (χ4v) is 3.07. The Hall–Kier alpha value is -2.34. The molecule has 0 aliphatic rings. The molecule has 0 radical (unpaired) electrons. The van der Waals surface area contributed by atoms with E-state index in [1.807, 2.05) is 42.7 Å². The molecule has 1 N–H and O–H groups in total. The van der Waals surface area contributed by atoms with Gasteiger partial charge in [-0.1, -0.05) is 15.9 Å². The summed E-state index contributed by atoms with van der Waals surface area (Å²) in [6, 6.07) is 9.87. The van der Waals surface area contributed by atoms with E-state index in [4.69, 9.17) is 4.74 Å². The number of nitrogens with one attached hydrogen (secondary N) is 1. The van der Waals surface area contributed by atoms with Crippen molar-refractivity contribution < 1.29 is 9.53 Å². The largest absolute Gasteiger partial charge is 0.462 e. The van der Waals surface area contributed by atoms with Crippen molar-refractivity contribution in [3.05, 3.63) is 59.0 Å². The van der Waals surface area contributed by atoms with Gasteiger partial charge in [-0.25, -0.2) is 4.79 Å². The molecule has 0 aliphatic carbocycles. The number of nitrogens with zero attached hydrogens (tertiary/aromatic N) is 2. The van der Waals surface area contributed by atoms with Gasteiger partial charge in [-0.2, -0.15) is 0 Å². The predicted octanol–water partition coefficient (Wildman–Crippen LogP) is 4.48. The Balaban J connectivity index is 1.84. The number of aromatic nitrogens is 2. The normalized spacial score (nSPS) is 10.8. The highest BCUT2D eigenvalue weighted by Gasteiger charge is 2.16. The number of hydrogen-bond acceptors (Lipinski definition) is 4. The summed E-state index contributed by atoms with van der Waals surface area (Å²) in [5.41, 5.74) is 2.08. The molecule has 0 unspecified atom stereocenters. The molecule has 1 aromatic carbocycles. The van der Waals surface area contributed by atoms with Crippen molar-refractivity contribution in [1.29, 1.82) is 0 Å². The molecule has 0 saturated carbocycles. The molecule has 0 bridgehead atoms. The molecule has 5 nitrogen and oxygen atoms in total. The van der Waals surface area contributed by atoms with E-state index in [1.54, 1.807) is 13.1 Å². The zero-order valence-electron chi connectivity index (χ0n) is 14.0. The number of benzene rings is 1. The van der Waals surface area contributed by atoms with Crippen molar-refractivity contribution in [1.82, 2.24) is 9.55 Å². The molecule has 0 fully saturated rings. The molecule has 3 rings (SSSR count). The van der Waals surface area contributed by atoms with Gasteiger partial charge >= 0.3 is 5.97 Å². The van der Waals surface area contributed by atoms with E-state index >= 15 is 0 Å². The summed E-state index contributed by atoms with van der Waals surface area (Å²) in [4.78, 5) is 16.7. The molecule has 0 amide bonds. The Morgan fingerprint density at radius 2 is 2.12 bits per heavy atom. The van der Waals surface area contributed by atoms with Gasteiger partial charge in [0.25, 0.3) is 0 Å². The Bertz CT molecular complexity index is 862. The maximum atomic E-state index is 12.3. The number of ether oxygens (including phenoxy) is 1. The number of carbonyl (C=O) groups is 1. The third kappa shape index (κ3) is 4.20. The molecule has 3 aromatic rings. The van der Waals surface area contributed by atoms with Crippen molar-refractivity contribution in [3.8, 4) is 0 Å². The molecule has 0 saturated heterocycles. The van der Waals surface area contributed by atoms with Gasteiger partial charge in [-0.15, -0.1) is 0 Å². The molecule has 0 atom stereocenters. The van der Waals surface area contributed by atoms with Gasteiger partial charge in [0.15, 0.2) is 0 Å². The van der Waals surface area contributed by atoms with Crippen LogP contribution in [-0.4, -0.2) is 28.7 Å². The number of carbonyl (C=O) groups excluding carboxylic acids is 1. The summed E-state index contributed by atoms with van der Waals surface area (Å²) in [5.74, 6) is -0.357. The lowest BCUT2D eigenvalue weighted by Gasteiger charge is -2.14. The summed E-state index contributed by atoms with van der Waals surface area (Å²) >= 11 is 3.49. The van der Waals surface area contributed by atoms with Crippen molar-refractivity contribution >= 4 is 38.5 Å². The Morgan fingerprint density at radius 3 is 2.88 bits per heavy atom. The zero-order valence-corrected chi connectivity index (χ0v) is 15.6. The smallest absolute Gasteiger partial charge is 0.341 e. The molecule has 0 spiro atoms. The van der Waals surface area contributed by atoms with E-state index < -0.39 is 0 Å². The van der Waals surface area contributed by atoms with Crippen LogP contribution < -0.4 is 5.32 Å². The van der Waals surface area contributed by atoms with E-state index in [0.29, 0.717) is 12.2 Å². The van der Waals surface area contributed by atoms with Crippen LogP contribution in [0.1, 0.15) is 23.7 Å². The lowest BCUT2D eigenvalue weighted by atomic mass is 10.1. The van der Waals surface area contributed by atoms with E-state index in [0.717, 1.165) is 40.6 Å². The van der Waals surface area contributed by atoms with Crippen molar-refractivity contribution in [3.63, 3.8) is 0 Å². The minimum Gasteiger partial charge on any atom is -0.462 e. The summed E-state index contributed by atoms with van der Waals surface area (Å²) in [5, 5.41) is 4.31. The van der Waals surface area contributed by atoms with Gasteiger partial charge in [0.2, 0.25) is 0 Å². The van der Waals surface area contributed by atoms with Crippen LogP contribution >= 0.6 is 15.9 Å². The summed E-state index contributed by atoms with van der Waals surface area (Å²) in [6.45, 7) is 3.80. The van der Waals surface area contributed by atoms with E-state index in [-0.39, 0.29) is 5.97 Å². The number of esters is 1. The van der Waals surface area contributed by atoms with Crippen LogP contribution in [0, 0.1) is 0 Å². The summed E-state index contributed by atoms with van der Waals surface area (Å²) in [7, 11) is 0. The number of hydrogen-bond donors (Lipinski definition) is 1. The number of rotatable bonds is 7. The van der Waals surface area contributed by atoms with Crippen LogP contribution in [0.15, 0.2) is 53.4 Å². The second kappa shape index (κ2) is 8.16. The Morgan fingerprint density at radius 1 is 1.32 bits per heavy atom. The van der Waals surface area contributed by atoms with E-state index in [1.165, 1.54) is 0 Å². The van der Waals surface area contributed by atoms with Gasteiger partial charge < -0.3 is 14.6 Å². The second-order valence-corrected chi connectivity index (χ2v) is 6.55. The number of aryl methyl sites for hydroxylation is 1. The van der Waals surface area contributed by atoms with Gasteiger partial charge in [0.05, 0.1) is 17.8 Å². The maximum Gasteiger partial charge on any atom is 0.341 e. The SMILES string of the molecule is CCOC(=O)c1cnc2ccc(Br)cc2c1NCCCn1cccc1. The lowest BCUT2D eigenvalue weighted by Crippen LogP contribution is -2.13. The molecule has 2 heterocycles. The van der Waals surface area contributed by atoms with Crippen LogP contribution in [0.4, 0.5) is 5.69 Å². The van der Waals surface area contributed by atoms with Gasteiger partial charge in [0, 0.05) is 41.5 Å². The summed E-state index contributed by atoms with van der Waals surface area (Å²) < 4.78 is 8.26. The highest BCUT2D eigenvalue weighted by atomic mass is 79.9. The average Bonchev–Trinajstić information content (AvgIpc) is 3.12. The molecule has 130 valence electrons. The third-order valence-corrected chi connectivity index (χ3v) is 4.38. The molecular weight excluding hydrogens is 382 g/mol. The van der Waals surface area contributed by atoms with Crippen molar-refractivity contribution in [2.45, 2.75) is 19.9 Å². The first-order valence-corrected chi connectivity index (χ1v) is 9.08. The maximum absolute atomic E-state index is 12.3. The quantitative estimate of drug-likeness (QED) is 0.468. The zero-order chi connectivity index (χ0) is 17.6. The molecular formula is C19H20BrN3O2. The topological polar surface area (TPSA) is 56.1 Å². The predicted molar refractivity (Wildman–Crippen MR) is 103 cm³/mol. The fourth-order valence-electron chi connectivity index (χ4n) is 2.71. The number of anilines is 1. The van der Waals surface area contributed by atoms with Crippen LogP contribution in [-0.2, 0) is 11.3 Å². The minimum atomic E-state index is -0.357. The lowest BCUT2D eigenvalue weighted by molar-refractivity contribution is 0.0527. The second-order valence-electron chi connectivity index (χ2n) is 5.63. The molecule has 0 aliphatic heterocycles. The number of fused-ring (bicyclic) bond motifs is 1. The Kier molecular flexibility index (Phi) is 5.71. The molecule has 25 heavy (non-hydrogen) atoms. The van der Waals surface area contributed by atoms with Crippen LogP contribution in [0.5, 0.6) is 0 Å². The molecule has 6 heteroatoms. The van der Waals surface area contributed by atoms with Crippen molar-refractivity contribution in [2.75, 3.05) is 18.5 Å². The van der Waals surface area contributed by atoms with Gasteiger partial charge in [0.1, 0.15) is 5.56 Å². The third-order valence-electron chi connectivity index (χ3n) is 3.89. The van der Waals surface area contributed by atoms with E-state index in [2.05, 4.69) is 30.8 Å². The first kappa shape index (κ1) is 17.5. The van der Waals surface area contributed by atoms with Crippen LogP contribution in [0.25, 0.3) is 10.9 Å². The van der Waals surface area contributed by atoms with Crippen molar-refractivity contribution in [2.24, 2.45) is 0 Å². The average molecular weight is 402 g/mol. The fraction of sp³-hybridized carbons (Fsp3) is 0.263. The standard InChI is InChI=1S/C19H20BrN3O2/c1-2-25-19(24)16-13-22-17-7-6-14(20)12-15(17)18(16)21-8-5-11-23-9-3-4-10-23/h3-4,6-7,9-10,12-13H,2,5,8,11H2,1H3,(H,21,22). The first-order valence-electron chi connectivity index (χ1n) is 8.29. The monoisotopic (exact) mass is 401 g/mol. The number of pyridine rings is 1.